The minimum absolute atomic E-state index is 0.127. The maximum absolute atomic E-state index is 6.06. The highest BCUT2D eigenvalue weighted by Crippen LogP contribution is 2.31. The van der Waals surface area contributed by atoms with Crippen LogP contribution in [0.1, 0.15) is 23.1 Å². The van der Waals surface area contributed by atoms with Crippen LogP contribution in [-0.4, -0.2) is 31.5 Å². The fraction of sp³-hybridized carbons (Fsp3) is 0.211. The van der Waals surface area contributed by atoms with E-state index in [0.29, 0.717) is 6.54 Å². The monoisotopic (exact) mass is 364 g/mol. The Morgan fingerprint density at radius 1 is 1.12 bits per heavy atom. The van der Waals surface area contributed by atoms with Gasteiger partial charge in [-0.3, -0.25) is 5.10 Å². The Morgan fingerprint density at radius 2 is 1.96 bits per heavy atom. The van der Waals surface area contributed by atoms with Gasteiger partial charge in [0, 0.05) is 22.5 Å². The van der Waals surface area contributed by atoms with Crippen LogP contribution in [-0.2, 0) is 6.54 Å². The van der Waals surface area contributed by atoms with Crippen molar-refractivity contribution in [1.29, 1.82) is 0 Å². The van der Waals surface area contributed by atoms with E-state index in [1.165, 1.54) is 5.56 Å². The van der Waals surface area contributed by atoms with E-state index in [-0.39, 0.29) is 6.04 Å². The highest BCUT2D eigenvalue weighted by atomic mass is 35.5. The number of hydrogen-bond donors (Lipinski definition) is 2. The fourth-order valence-corrected chi connectivity index (χ4v) is 3.74. The average molecular weight is 365 g/mol. The highest BCUT2D eigenvalue weighted by molar-refractivity contribution is 6.30. The van der Waals surface area contributed by atoms with Gasteiger partial charge in [0.1, 0.15) is 5.82 Å². The topological polar surface area (TPSA) is 71.4 Å². The molecule has 2 aromatic carbocycles. The summed E-state index contributed by atoms with van der Waals surface area (Å²) in [5.74, 6) is 1.82. The Labute approximate surface area is 155 Å². The third-order valence-electron chi connectivity index (χ3n) is 4.97. The molecular formula is C19H17ClN6. The van der Waals surface area contributed by atoms with Gasteiger partial charge in [-0.05, 0) is 42.8 Å². The van der Waals surface area contributed by atoms with Crippen LogP contribution in [0.15, 0.2) is 42.5 Å². The first-order chi connectivity index (χ1) is 12.7. The lowest BCUT2D eigenvalue weighted by molar-refractivity contribution is 0.447. The van der Waals surface area contributed by atoms with Crippen molar-refractivity contribution in [2.45, 2.75) is 19.5 Å². The number of halogens is 1. The maximum atomic E-state index is 6.06. The van der Waals surface area contributed by atoms with E-state index >= 15 is 0 Å². The van der Waals surface area contributed by atoms with Crippen LogP contribution >= 0.6 is 11.6 Å². The van der Waals surface area contributed by atoms with Gasteiger partial charge in [0.15, 0.2) is 5.82 Å². The average Bonchev–Trinajstić information content (AvgIpc) is 3.26. The first-order valence-corrected chi connectivity index (χ1v) is 8.93. The third kappa shape index (κ3) is 2.41. The summed E-state index contributed by atoms with van der Waals surface area (Å²) < 4.78 is 2.23. The van der Waals surface area contributed by atoms with E-state index < -0.39 is 0 Å². The molecule has 0 fully saturated rings. The van der Waals surface area contributed by atoms with E-state index in [4.69, 9.17) is 11.6 Å². The minimum Gasteiger partial charge on any atom is -0.307 e. The standard InChI is InChI=1S/C19H17ClN6/c1-11-15-8-13(4-7-16(15)23-22-11)19-25-24-18-10-21-9-17(26(18)19)12-2-5-14(20)6-3-12/h2-8,17,21H,9-10H2,1H3,(H,22,23). The molecule has 1 aliphatic rings. The number of rotatable bonds is 2. The Kier molecular flexibility index (Phi) is 3.55. The second kappa shape index (κ2) is 5.93. The molecule has 0 saturated heterocycles. The molecule has 0 saturated carbocycles. The Bertz CT molecular complexity index is 1100. The molecule has 2 aromatic heterocycles. The van der Waals surface area contributed by atoms with Crippen molar-refractivity contribution in [3.8, 4) is 11.4 Å². The number of aryl methyl sites for hydroxylation is 1. The summed E-state index contributed by atoms with van der Waals surface area (Å²) in [6, 6.07) is 14.4. The van der Waals surface area contributed by atoms with Crippen molar-refractivity contribution >= 4 is 22.5 Å². The molecule has 1 atom stereocenters. The van der Waals surface area contributed by atoms with Gasteiger partial charge in [0.2, 0.25) is 0 Å². The molecule has 5 rings (SSSR count). The highest BCUT2D eigenvalue weighted by Gasteiger charge is 2.26. The van der Waals surface area contributed by atoms with Gasteiger partial charge >= 0.3 is 0 Å². The number of nitrogens with one attached hydrogen (secondary N) is 2. The molecule has 0 radical (unpaired) electrons. The van der Waals surface area contributed by atoms with E-state index in [9.17, 15) is 0 Å². The zero-order valence-corrected chi connectivity index (χ0v) is 15.0. The van der Waals surface area contributed by atoms with Crippen LogP contribution in [0.2, 0.25) is 5.02 Å². The van der Waals surface area contributed by atoms with Crippen LogP contribution in [0.4, 0.5) is 0 Å². The van der Waals surface area contributed by atoms with Gasteiger partial charge in [-0.1, -0.05) is 23.7 Å². The first kappa shape index (κ1) is 15.5. The second-order valence-electron chi connectivity index (χ2n) is 6.58. The normalized spacial score (nSPS) is 16.8. The lowest BCUT2D eigenvalue weighted by Gasteiger charge is -2.27. The summed E-state index contributed by atoms with van der Waals surface area (Å²) >= 11 is 6.06. The van der Waals surface area contributed by atoms with E-state index in [1.54, 1.807) is 0 Å². The van der Waals surface area contributed by atoms with Crippen LogP contribution in [0.3, 0.4) is 0 Å². The van der Waals surface area contributed by atoms with Gasteiger partial charge in [0.25, 0.3) is 0 Å². The predicted octanol–water partition coefficient (Wildman–Crippen LogP) is 3.48. The predicted molar refractivity (Wildman–Crippen MR) is 101 cm³/mol. The Morgan fingerprint density at radius 3 is 2.81 bits per heavy atom. The Hall–Kier alpha value is -2.70. The lowest BCUT2D eigenvalue weighted by atomic mass is 10.0. The first-order valence-electron chi connectivity index (χ1n) is 8.56. The van der Waals surface area contributed by atoms with Crippen molar-refractivity contribution in [2.24, 2.45) is 0 Å². The van der Waals surface area contributed by atoms with Gasteiger partial charge in [-0.2, -0.15) is 5.10 Å². The summed E-state index contributed by atoms with van der Waals surface area (Å²) in [6.45, 7) is 3.54. The largest absolute Gasteiger partial charge is 0.307 e. The molecule has 4 aromatic rings. The van der Waals surface area contributed by atoms with Crippen molar-refractivity contribution in [3.05, 3.63) is 64.6 Å². The SMILES string of the molecule is Cc1n[nH]c2ccc(-c3nnc4n3C(c3ccc(Cl)cc3)CNC4)cc12. The molecule has 6 nitrogen and oxygen atoms in total. The van der Waals surface area contributed by atoms with Crippen LogP contribution in [0, 0.1) is 6.92 Å². The number of hydrogen-bond acceptors (Lipinski definition) is 4. The molecular weight excluding hydrogens is 348 g/mol. The van der Waals surface area contributed by atoms with Crippen LogP contribution in [0.25, 0.3) is 22.3 Å². The van der Waals surface area contributed by atoms with E-state index in [1.807, 2.05) is 25.1 Å². The molecule has 26 heavy (non-hydrogen) atoms. The molecule has 0 amide bonds. The number of benzene rings is 2. The molecule has 0 bridgehead atoms. The smallest absolute Gasteiger partial charge is 0.164 e. The minimum atomic E-state index is 0.127. The zero-order valence-electron chi connectivity index (χ0n) is 14.2. The van der Waals surface area contributed by atoms with Gasteiger partial charge in [0.05, 0.1) is 23.8 Å². The number of aromatic nitrogens is 5. The van der Waals surface area contributed by atoms with Crippen molar-refractivity contribution in [3.63, 3.8) is 0 Å². The fourth-order valence-electron chi connectivity index (χ4n) is 3.62. The molecule has 3 heterocycles. The molecule has 1 aliphatic heterocycles. The maximum Gasteiger partial charge on any atom is 0.164 e. The summed E-state index contributed by atoms with van der Waals surface area (Å²) in [4.78, 5) is 0. The molecule has 0 aliphatic carbocycles. The zero-order chi connectivity index (χ0) is 17.7. The van der Waals surface area contributed by atoms with Gasteiger partial charge < -0.3 is 9.88 Å². The molecule has 7 heteroatoms. The lowest BCUT2D eigenvalue weighted by Crippen LogP contribution is -2.34. The summed E-state index contributed by atoms with van der Waals surface area (Å²) in [5.41, 5.74) is 4.24. The second-order valence-corrected chi connectivity index (χ2v) is 7.01. The number of H-pyrrole nitrogens is 1. The van der Waals surface area contributed by atoms with Crippen LogP contribution in [0.5, 0.6) is 0 Å². The third-order valence-corrected chi connectivity index (χ3v) is 5.22. The van der Waals surface area contributed by atoms with Crippen LogP contribution < -0.4 is 5.32 Å². The number of fused-ring (bicyclic) bond motifs is 2. The Balaban J connectivity index is 1.66. The molecule has 130 valence electrons. The summed E-state index contributed by atoms with van der Waals surface area (Å²) in [5, 5.41) is 21.5. The molecule has 2 N–H and O–H groups in total. The summed E-state index contributed by atoms with van der Waals surface area (Å²) in [6.07, 6.45) is 0. The van der Waals surface area contributed by atoms with Crippen molar-refractivity contribution < 1.29 is 0 Å². The quantitative estimate of drug-likeness (QED) is 0.571. The van der Waals surface area contributed by atoms with E-state index in [0.717, 1.165) is 45.4 Å². The number of aromatic amines is 1. The van der Waals surface area contributed by atoms with E-state index in [2.05, 4.69) is 54.5 Å². The summed E-state index contributed by atoms with van der Waals surface area (Å²) in [7, 11) is 0. The number of nitrogens with zero attached hydrogens (tertiary/aromatic N) is 4. The molecule has 1 unspecified atom stereocenters. The van der Waals surface area contributed by atoms with Gasteiger partial charge in [-0.25, -0.2) is 0 Å². The van der Waals surface area contributed by atoms with Crippen molar-refractivity contribution in [2.75, 3.05) is 6.54 Å². The van der Waals surface area contributed by atoms with Crippen molar-refractivity contribution in [1.82, 2.24) is 30.3 Å². The van der Waals surface area contributed by atoms with Gasteiger partial charge in [-0.15, -0.1) is 10.2 Å². The molecule has 0 spiro atoms.